The minimum absolute atomic E-state index is 0.356. The van der Waals surface area contributed by atoms with E-state index in [0.29, 0.717) is 0 Å². The molecule has 0 saturated carbocycles. The van der Waals surface area contributed by atoms with E-state index in [-0.39, 0.29) is 15.0 Å². The van der Waals surface area contributed by atoms with E-state index in [9.17, 15) is 0 Å². The predicted molar refractivity (Wildman–Crippen MR) is 125 cm³/mol. The Labute approximate surface area is 191 Å². The van der Waals surface area contributed by atoms with E-state index in [1.54, 1.807) is 0 Å². The molecule has 3 atom stereocenters. The molecule has 28 heavy (non-hydrogen) atoms. The Morgan fingerprint density at radius 1 is 0.464 bits per heavy atom. The first-order valence-corrected chi connectivity index (χ1v) is 12.4. The van der Waals surface area contributed by atoms with Crippen LogP contribution in [-0.2, 0) is 13.6 Å². The van der Waals surface area contributed by atoms with Crippen LogP contribution in [0.25, 0.3) is 0 Å². The molecular formula is C21H18Br3O3P. The van der Waals surface area contributed by atoms with Gasteiger partial charge in [-0.25, -0.2) is 0 Å². The molecule has 146 valence electrons. The van der Waals surface area contributed by atoms with Crippen LogP contribution in [0.5, 0.6) is 0 Å². The molecule has 0 fully saturated rings. The first-order valence-electron chi connectivity index (χ1n) is 8.51. The quantitative estimate of drug-likeness (QED) is 0.185. The monoisotopic (exact) mass is 586 g/mol. The van der Waals surface area contributed by atoms with Gasteiger partial charge >= 0.3 is 8.60 Å². The molecule has 3 nitrogen and oxygen atoms in total. The lowest BCUT2D eigenvalue weighted by molar-refractivity contribution is 0.140. The smallest absolute Gasteiger partial charge is 0.292 e. The average molecular weight is 589 g/mol. The van der Waals surface area contributed by atoms with E-state index in [1.165, 1.54) is 0 Å². The van der Waals surface area contributed by atoms with Crippen molar-refractivity contribution < 1.29 is 13.6 Å². The lowest BCUT2D eigenvalue weighted by Crippen LogP contribution is -2.03. The number of halogens is 3. The topological polar surface area (TPSA) is 27.7 Å². The first-order chi connectivity index (χ1) is 13.6. The van der Waals surface area contributed by atoms with Crippen LogP contribution in [0.15, 0.2) is 91.0 Å². The predicted octanol–water partition coefficient (Wildman–Crippen LogP) is 8.54. The Morgan fingerprint density at radius 3 is 0.964 bits per heavy atom. The van der Waals surface area contributed by atoms with Crippen LogP contribution in [0.3, 0.4) is 0 Å². The van der Waals surface area contributed by atoms with E-state index in [2.05, 4.69) is 47.8 Å². The van der Waals surface area contributed by atoms with E-state index >= 15 is 0 Å². The highest BCUT2D eigenvalue weighted by Crippen LogP contribution is 2.54. The van der Waals surface area contributed by atoms with Gasteiger partial charge in [-0.1, -0.05) is 139 Å². The van der Waals surface area contributed by atoms with Gasteiger partial charge in [0, 0.05) is 0 Å². The zero-order valence-corrected chi connectivity index (χ0v) is 20.4. The number of hydrogen-bond donors (Lipinski definition) is 0. The highest BCUT2D eigenvalue weighted by Gasteiger charge is 2.26. The summed E-state index contributed by atoms with van der Waals surface area (Å²) in [6.45, 7) is 0. The average Bonchev–Trinajstić information content (AvgIpc) is 2.75. The molecule has 3 unspecified atom stereocenters. The van der Waals surface area contributed by atoms with Crippen molar-refractivity contribution in [3.63, 3.8) is 0 Å². The van der Waals surface area contributed by atoms with Gasteiger partial charge in [-0.2, -0.15) is 0 Å². The van der Waals surface area contributed by atoms with Crippen molar-refractivity contribution >= 4 is 56.4 Å². The van der Waals surface area contributed by atoms with Crippen LogP contribution in [0.1, 0.15) is 31.7 Å². The Hall–Kier alpha value is -0.590. The second kappa shape index (κ2) is 11.6. The van der Waals surface area contributed by atoms with E-state index in [1.807, 2.05) is 91.0 Å². The molecule has 7 heteroatoms. The zero-order chi connectivity index (χ0) is 19.8. The van der Waals surface area contributed by atoms with Crippen molar-refractivity contribution in [2.75, 3.05) is 0 Å². The standard InChI is InChI=1S/C21H18Br3O3P/c22-19(16-10-4-1-5-11-16)25-28(26-20(23)17-12-6-2-7-13-17)27-21(24)18-14-8-3-9-15-18/h1-15,19-21H. The first kappa shape index (κ1) is 22.1. The lowest BCUT2D eigenvalue weighted by Gasteiger charge is -2.24. The Bertz CT molecular complexity index is 711. The van der Waals surface area contributed by atoms with Crippen molar-refractivity contribution in [1.82, 2.24) is 0 Å². The summed E-state index contributed by atoms with van der Waals surface area (Å²) < 4.78 is 18.3. The zero-order valence-electron chi connectivity index (χ0n) is 14.7. The van der Waals surface area contributed by atoms with Gasteiger partial charge in [-0.15, -0.1) is 0 Å². The lowest BCUT2D eigenvalue weighted by atomic mass is 10.2. The molecule has 0 heterocycles. The summed E-state index contributed by atoms with van der Waals surface area (Å²) in [6.07, 6.45) is 0. The van der Waals surface area contributed by atoms with E-state index in [4.69, 9.17) is 13.6 Å². The SMILES string of the molecule is BrC(OP(OC(Br)c1ccccc1)OC(Br)c1ccccc1)c1ccccc1. The van der Waals surface area contributed by atoms with Gasteiger partial charge in [0.1, 0.15) is 15.0 Å². The molecule has 0 spiro atoms. The van der Waals surface area contributed by atoms with Crippen molar-refractivity contribution in [2.24, 2.45) is 0 Å². The molecule has 3 aromatic rings. The van der Waals surface area contributed by atoms with Gasteiger partial charge in [0.05, 0.1) is 0 Å². The molecule has 0 N–H and O–H groups in total. The molecule has 3 rings (SSSR count). The minimum atomic E-state index is -1.69. The summed E-state index contributed by atoms with van der Waals surface area (Å²) in [5.74, 6) is 0. The maximum Gasteiger partial charge on any atom is 0.337 e. The van der Waals surface area contributed by atoms with Gasteiger partial charge in [0.15, 0.2) is 0 Å². The normalized spacial score (nSPS) is 15.5. The molecule has 0 aliphatic heterocycles. The summed E-state index contributed by atoms with van der Waals surface area (Å²) in [4.78, 5) is 0. The van der Waals surface area contributed by atoms with Crippen LogP contribution in [-0.4, -0.2) is 0 Å². The van der Waals surface area contributed by atoms with Crippen molar-refractivity contribution in [3.8, 4) is 0 Å². The van der Waals surface area contributed by atoms with Crippen LogP contribution in [0.4, 0.5) is 0 Å². The molecule has 0 radical (unpaired) electrons. The van der Waals surface area contributed by atoms with Crippen molar-refractivity contribution in [2.45, 2.75) is 15.0 Å². The molecule has 0 saturated heterocycles. The maximum atomic E-state index is 6.10. The second-order valence-corrected chi connectivity index (χ2v) is 9.29. The van der Waals surface area contributed by atoms with E-state index in [0.717, 1.165) is 16.7 Å². The number of hydrogen-bond acceptors (Lipinski definition) is 3. The second-order valence-electron chi connectivity index (χ2n) is 5.72. The third-order valence-electron chi connectivity index (χ3n) is 3.72. The Balaban J connectivity index is 1.73. The van der Waals surface area contributed by atoms with Crippen LogP contribution < -0.4 is 0 Å². The van der Waals surface area contributed by atoms with Gasteiger partial charge in [0.2, 0.25) is 0 Å². The minimum Gasteiger partial charge on any atom is -0.292 e. The third kappa shape index (κ3) is 6.74. The van der Waals surface area contributed by atoms with Gasteiger partial charge in [-0.05, 0) is 16.7 Å². The van der Waals surface area contributed by atoms with Crippen molar-refractivity contribution in [1.29, 1.82) is 0 Å². The van der Waals surface area contributed by atoms with Crippen molar-refractivity contribution in [3.05, 3.63) is 108 Å². The summed E-state index contributed by atoms with van der Waals surface area (Å²) in [7, 11) is -1.69. The highest BCUT2D eigenvalue weighted by atomic mass is 79.9. The fourth-order valence-electron chi connectivity index (χ4n) is 2.30. The third-order valence-corrected chi connectivity index (χ3v) is 7.88. The van der Waals surface area contributed by atoms with Crippen LogP contribution in [0, 0.1) is 0 Å². The highest BCUT2D eigenvalue weighted by molar-refractivity contribution is 9.09. The van der Waals surface area contributed by atoms with E-state index < -0.39 is 8.60 Å². The summed E-state index contributed by atoms with van der Waals surface area (Å²) in [5, 5.41) is -1.07. The molecule has 3 aromatic carbocycles. The number of alkyl halides is 3. The molecule has 0 aliphatic rings. The van der Waals surface area contributed by atoms with Gasteiger partial charge in [-0.3, -0.25) is 13.6 Å². The number of benzene rings is 3. The van der Waals surface area contributed by atoms with Crippen LogP contribution >= 0.6 is 56.4 Å². The maximum absolute atomic E-state index is 6.10. The largest absolute Gasteiger partial charge is 0.337 e. The fraction of sp³-hybridized carbons (Fsp3) is 0.143. The van der Waals surface area contributed by atoms with Gasteiger partial charge in [0.25, 0.3) is 0 Å². The summed E-state index contributed by atoms with van der Waals surface area (Å²) >= 11 is 10.7. The summed E-state index contributed by atoms with van der Waals surface area (Å²) in [5.41, 5.74) is 2.96. The Morgan fingerprint density at radius 2 is 0.714 bits per heavy atom. The van der Waals surface area contributed by atoms with Crippen LogP contribution in [0.2, 0.25) is 0 Å². The van der Waals surface area contributed by atoms with Gasteiger partial charge < -0.3 is 0 Å². The number of rotatable bonds is 9. The Kier molecular flexibility index (Phi) is 9.12. The molecule has 0 aromatic heterocycles. The molecule has 0 amide bonds. The fourth-order valence-corrected chi connectivity index (χ4v) is 5.41. The summed E-state index contributed by atoms with van der Waals surface area (Å²) in [6, 6.07) is 29.6. The molecular weight excluding hydrogens is 571 g/mol. The molecule has 0 aliphatic carbocycles. The molecule has 0 bridgehead atoms.